The van der Waals surface area contributed by atoms with Gasteiger partial charge in [-0.3, -0.25) is 5.32 Å². The molecule has 0 saturated carbocycles. The minimum atomic E-state index is -0.538. The van der Waals surface area contributed by atoms with Crippen molar-refractivity contribution in [3.63, 3.8) is 0 Å². The Labute approximate surface area is 162 Å². The van der Waals surface area contributed by atoms with Crippen LogP contribution in [0.1, 0.15) is 11.1 Å². The van der Waals surface area contributed by atoms with Crippen LogP contribution in [0.25, 0.3) is 11.0 Å². The fourth-order valence-corrected chi connectivity index (χ4v) is 2.61. The SMILES string of the molecule is COC(=O)Nc1nc2ccccc2[nH]1.Oc1ccc(Cc2ccccc2)cc1. The minimum absolute atomic E-state index is 0.321. The molecule has 4 aromatic rings. The minimum Gasteiger partial charge on any atom is -0.508 e. The van der Waals surface area contributed by atoms with Crippen LogP contribution >= 0.6 is 0 Å². The van der Waals surface area contributed by atoms with Crippen LogP contribution in [0.2, 0.25) is 0 Å². The van der Waals surface area contributed by atoms with Gasteiger partial charge in [0.05, 0.1) is 18.1 Å². The number of nitrogens with zero attached hydrogens (tertiary/aromatic N) is 1. The third kappa shape index (κ3) is 5.35. The van der Waals surface area contributed by atoms with Gasteiger partial charge in [0.15, 0.2) is 0 Å². The highest BCUT2D eigenvalue weighted by Crippen LogP contribution is 2.14. The maximum Gasteiger partial charge on any atom is 0.413 e. The number of imidazole rings is 1. The number of hydrogen-bond donors (Lipinski definition) is 3. The third-order valence-corrected chi connectivity index (χ3v) is 3.98. The summed E-state index contributed by atoms with van der Waals surface area (Å²) >= 11 is 0. The van der Waals surface area contributed by atoms with Crippen molar-refractivity contribution < 1.29 is 14.6 Å². The number of amides is 1. The van der Waals surface area contributed by atoms with Crippen molar-refractivity contribution in [3.8, 4) is 5.75 Å². The first kappa shape index (κ1) is 19.0. The highest BCUT2D eigenvalue weighted by Gasteiger charge is 2.05. The molecule has 0 saturated heterocycles. The summed E-state index contributed by atoms with van der Waals surface area (Å²) in [5.74, 6) is 0.708. The number of ether oxygens (including phenoxy) is 1. The molecule has 28 heavy (non-hydrogen) atoms. The lowest BCUT2D eigenvalue weighted by Crippen LogP contribution is -2.11. The molecule has 0 atom stereocenters. The summed E-state index contributed by atoms with van der Waals surface area (Å²) in [6.45, 7) is 0. The topological polar surface area (TPSA) is 87.2 Å². The lowest BCUT2D eigenvalue weighted by Gasteiger charge is -2.01. The Morgan fingerprint density at radius 2 is 1.61 bits per heavy atom. The molecule has 0 aliphatic heterocycles. The van der Waals surface area contributed by atoms with Gasteiger partial charge in [-0.05, 0) is 41.8 Å². The number of carbonyl (C=O) groups excluding carboxylic acids is 1. The van der Waals surface area contributed by atoms with Crippen molar-refractivity contribution in [2.24, 2.45) is 0 Å². The van der Waals surface area contributed by atoms with Crippen LogP contribution in [0, 0.1) is 0 Å². The van der Waals surface area contributed by atoms with Crippen LogP contribution in [0.5, 0.6) is 5.75 Å². The Balaban J connectivity index is 0.000000161. The van der Waals surface area contributed by atoms with Crippen molar-refractivity contribution in [2.75, 3.05) is 12.4 Å². The number of anilines is 1. The van der Waals surface area contributed by atoms with E-state index in [9.17, 15) is 4.79 Å². The second kappa shape index (κ2) is 9.23. The van der Waals surface area contributed by atoms with Crippen LogP contribution < -0.4 is 5.32 Å². The molecule has 6 heteroatoms. The summed E-state index contributed by atoms with van der Waals surface area (Å²) in [6.07, 6.45) is 0.380. The van der Waals surface area contributed by atoms with Crippen molar-refractivity contribution >= 4 is 23.1 Å². The fraction of sp³-hybridized carbons (Fsp3) is 0.0909. The molecular formula is C22H21N3O3. The second-order valence-electron chi connectivity index (χ2n) is 6.05. The van der Waals surface area contributed by atoms with E-state index in [1.165, 1.54) is 18.2 Å². The van der Waals surface area contributed by atoms with Gasteiger partial charge < -0.3 is 14.8 Å². The van der Waals surface area contributed by atoms with E-state index >= 15 is 0 Å². The first-order chi connectivity index (χ1) is 13.6. The van der Waals surface area contributed by atoms with E-state index in [0.29, 0.717) is 11.7 Å². The molecule has 0 radical (unpaired) electrons. The number of hydrogen-bond acceptors (Lipinski definition) is 4. The number of carbonyl (C=O) groups is 1. The number of benzene rings is 3. The molecule has 3 aromatic carbocycles. The third-order valence-electron chi connectivity index (χ3n) is 3.98. The van der Waals surface area contributed by atoms with E-state index in [2.05, 4.69) is 32.2 Å². The number of para-hydroxylation sites is 2. The predicted octanol–water partition coefficient (Wildman–Crippen LogP) is 4.72. The number of methoxy groups -OCH3 is 1. The molecule has 6 nitrogen and oxygen atoms in total. The smallest absolute Gasteiger partial charge is 0.413 e. The largest absolute Gasteiger partial charge is 0.508 e. The van der Waals surface area contributed by atoms with Gasteiger partial charge in [-0.25, -0.2) is 9.78 Å². The Kier molecular flexibility index (Phi) is 6.25. The summed E-state index contributed by atoms with van der Waals surface area (Å²) in [5, 5.41) is 11.6. The molecule has 0 bridgehead atoms. The molecule has 0 spiro atoms. The molecule has 1 heterocycles. The number of aromatic nitrogens is 2. The number of H-pyrrole nitrogens is 1. The fourth-order valence-electron chi connectivity index (χ4n) is 2.61. The first-order valence-electron chi connectivity index (χ1n) is 8.75. The Morgan fingerprint density at radius 3 is 2.29 bits per heavy atom. The molecule has 0 aliphatic carbocycles. The predicted molar refractivity (Wildman–Crippen MR) is 109 cm³/mol. The molecule has 1 amide bonds. The van der Waals surface area contributed by atoms with Gasteiger partial charge in [-0.15, -0.1) is 0 Å². The molecule has 0 fully saturated rings. The van der Waals surface area contributed by atoms with E-state index < -0.39 is 6.09 Å². The lowest BCUT2D eigenvalue weighted by atomic mass is 10.1. The molecule has 0 unspecified atom stereocenters. The lowest BCUT2D eigenvalue weighted by molar-refractivity contribution is 0.186. The first-order valence-corrected chi connectivity index (χ1v) is 8.75. The van der Waals surface area contributed by atoms with Gasteiger partial charge in [0.2, 0.25) is 5.95 Å². The van der Waals surface area contributed by atoms with Gasteiger partial charge in [0.25, 0.3) is 0 Å². The standard InChI is InChI=1S/C13H12O.C9H9N3O2/c14-13-8-6-12(7-9-13)10-11-4-2-1-3-5-11;1-14-9(13)12-8-10-6-4-2-3-5-7(6)11-8/h1-9,14H,10H2;2-5H,1H3,(H2,10,11,12,13). The maximum atomic E-state index is 10.9. The van der Waals surface area contributed by atoms with Gasteiger partial charge in [-0.1, -0.05) is 54.6 Å². The number of aromatic hydroxyl groups is 1. The van der Waals surface area contributed by atoms with Gasteiger partial charge in [0, 0.05) is 0 Å². The van der Waals surface area contributed by atoms with Crippen molar-refractivity contribution in [1.82, 2.24) is 9.97 Å². The van der Waals surface area contributed by atoms with E-state index in [1.807, 2.05) is 54.6 Å². The van der Waals surface area contributed by atoms with Crippen molar-refractivity contribution in [3.05, 3.63) is 90.0 Å². The number of phenols is 1. The zero-order valence-electron chi connectivity index (χ0n) is 15.4. The van der Waals surface area contributed by atoms with E-state index in [0.717, 1.165) is 17.5 Å². The molecule has 3 N–H and O–H groups in total. The van der Waals surface area contributed by atoms with Crippen LogP contribution in [-0.2, 0) is 11.2 Å². The summed E-state index contributed by atoms with van der Waals surface area (Å²) in [6, 6.07) is 25.1. The zero-order chi connectivity index (χ0) is 19.8. The van der Waals surface area contributed by atoms with Crippen LogP contribution in [0.4, 0.5) is 10.7 Å². The van der Waals surface area contributed by atoms with E-state index in [4.69, 9.17) is 5.11 Å². The van der Waals surface area contributed by atoms with Crippen molar-refractivity contribution in [2.45, 2.75) is 6.42 Å². The number of phenolic OH excluding ortho intramolecular Hbond substituents is 1. The number of aromatic amines is 1. The Bertz CT molecular complexity index is 995. The number of rotatable bonds is 3. The summed E-state index contributed by atoms with van der Waals surface area (Å²) < 4.78 is 4.44. The Hall–Kier alpha value is -3.80. The van der Waals surface area contributed by atoms with Gasteiger partial charge in [-0.2, -0.15) is 0 Å². The highest BCUT2D eigenvalue weighted by atomic mass is 16.5. The van der Waals surface area contributed by atoms with Gasteiger partial charge in [0.1, 0.15) is 5.75 Å². The second-order valence-corrected chi connectivity index (χ2v) is 6.05. The summed E-state index contributed by atoms with van der Waals surface area (Å²) in [5.41, 5.74) is 4.19. The average Bonchev–Trinajstić information content (AvgIpc) is 3.13. The Morgan fingerprint density at radius 1 is 0.964 bits per heavy atom. The maximum absolute atomic E-state index is 10.9. The molecule has 4 rings (SSSR count). The quantitative estimate of drug-likeness (QED) is 0.483. The van der Waals surface area contributed by atoms with E-state index in [1.54, 1.807) is 12.1 Å². The number of nitrogens with one attached hydrogen (secondary N) is 2. The van der Waals surface area contributed by atoms with Crippen LogP contribution in [0.3, 0.4) is 0 Å². The van der Waals surface area contributed by atoms with E-state index in [-0.39, 0.29) is 0 Å². The monoisotopic (exact) mass is 375 g/mol. The molecule has 142 valence electrons. The van der Waals surface area contributed by atoms with Gasteiger partial charge >= 0.3 is 6.09 Å². The average molecular weight is 375 g/mol. The molecular weight excluding hydrogens is 354 g/mol. The molecule has 1 aromatic heterocycles. The number of fused-ring (bicyclic) bond motifs is 1. The normalized spacial score (nSPS) is 10.0. The molecule has 0 aliphatic rings. The van der Waals surface area contributed by atoms with Crippen LogP contribution in [0.15, 0.2) is 78.9 Å². The van der Waals surface area contributed by atoms with Crippen molar-refractivity contribution in [1.29, 1.82) is 0 Å². The zero-order valence-corrected chi connectivity index (χ0v) is 15.4. The summed E-state index contributed by atoms with van der Waals surface area (Å²) in [4.78, 5) is 17.9. The van der Waals surface area contributed by atoms with Crippen LogP contribution in [-0.4, -0.2) is 28.3 Å². The summed E-state index contributed by atoms with van der Waals surface area (Å²) in [7, 11) is 1.30. The highest BCUT2D eigenvalue weighted by molar-refractivity contribution is 5.86.